The maximum atomic E-state index is 13.4. The van der Waals surface area contributed by atoms with Crippen molar-refractivity contribution in [1.82, 2.24) is 10.3 Å². The number of nitrogens with zero attached hydrogens (tertiary/aromatic N) is 1. The first-order valence-electron chi connectivity index (χ1n) is 15.8. The Bertz CT molecular complexity index is 1550. The van der Waals surface area contributed by atoms with Gasteiger partial charge < -0.3 is 19.5 Å². The van der Waals surface area contributed by atoms with Crippen LogP contribution >= 0.6 is 0 Å². The van der Waals surface area contributed by atoms with Gasteiger partial charge in [0, 0.05) is 24.3 Å². The van der Waals surface area contributed by atoms with Crippen LogP contribution in [-0.4, -0.2) is 36.0 Å². The monoisotopic (exact) mass is 626 g/mol. The van der Waals surface area contributed by atoms with E-state index in [0.29, 0.717) is 11.7 Å². The third kappa shape index (κ3) is 8.62. The average Bonchev–Trinajstić information content (AvgIpc) is 3.80. The van der Waals surface area contributed by atoms with Crippen LogP contribution in [0, 0.1) is 5.92 Å². The summed E-state index contributed by atoms with van der Waals surface area (Å²) in [5.74, 6) is -1.01. The van der Waals surface area contributed by atoms with E-state index in [2.05, 4.69) is 76.1 Å². The molecular formula is C38H46N2O6. The minimum Gasteiger partial charge on any atom is -0.493 e. The van der Waals surface area contributed by atoms with Gasteiger partial charge in [-0.2, -0.15) is 0 Å². The fourth-order valence-electron chi connectivity index (χ4n) is 5.03. The molecule has 1 aromatic heterocycles. The molecule has 0 bridgehead atoms. The van der Waals surface area contributed by atoms with Crippen molar-refractivity contribution in [1.29, 1.82) is 0 Å². The molecule has 8 heteroatoms. The molecular weight excluding hydrogens is 580 g/mol. The van der Waals surface area contributed by atoms with Crippen molar-refractivity contribution in [3.05, 3.63) is 94.5 Å². The standard InChI is InChI=1S/C38H46N2O6/c1-23(40-35(42)33-34(30(44-9)20-21-39-33)46-31(41)22-25-10-11-25)36(43)45-24(2)32(26-12-16-28(17-13-26)37(3,4)5)27-14-18-29(19-15-27)38(6,7)8/h12-21,23,25H,10-11,22H2,1-9H3,(H,40,42)/t23-/m0/s1. The highest BCUT2D eigenvalue weighted by Crippen LogP contribution is 2.35. The number of rotatable bonds is 10. The Morgan fingerprint density at radius 2 is 1.39 bits per heavy atom. The second-order valence-electron chi connectivity index (χ2n) is 14.0. The van der Waals surface area contributed by atoms with E-state index in [0.717, 1.165) is 29.5 Å². The molecule has 244 valence electrons. The van der Waals surface area contributed by atoms with Crippen molar-refractivity contribution in [2.75, 3.05) is 7.11 Å². The summed E-state index contributed by atoms with van der Waals surface area (Å²) in [5.41, 5.74) is 4.76. The van der Waals surface area contributed by atoms with Crippen molar-refractivity contribution < 1.29 is 28.6 Å². The first-order chi connectivity index (χ1) is 21.6. The zero-order valence-electron chi connectivity index (χ0n) is 28.4. The lowest BCUT2D eigenvalue weighted by Crippen LogP contribution is -2.40. The number of nitrogens with one attached hydrogen (secondary N) is 1. The maximum Gasteiger partial charge on any atom is 0.333 e. The molecule has 3 aromatic rings. The molecule has 4 rings (SSSR count). The molecule has 8 nitrogen and oxygen atoms in total. The smallest absolute Gasteiger partial charge is 0.333 e. The number of benzene rings is 2. The molecule has 1 heterocycles. The predicted octanol–water partition coefficient (Wildman–Crippen LogP) is 7.53. The second kappa shape index (κ2) is 13.9. The summed E-state index contributed by atoms with van der Waals surface area (Å²) >= 11 is 0. The Morgan fingerprint density at radius 1 is 0.870 bits per heavy atom. The van der Waals surface area contributed by atoms with Crippen LogP contribution in [0.15, 0.2) is 66.6 Å². The number of esters is 2. The van der Waals surface area contributed by atoms with Gasteiger partial charge in [0.1, 0.15) is 11.8 Å². The molecule has 1 fully saturated rings. The van der Waals surface area contributed by atoms with E-state index in [-0.39, 0.29) is 34.4 Å². The first kappa shape index (κ1) is 34.4. The van der Waals surface area contributed by atoms with E-state index < -0.39 is 23.9 Å². The highest BCUT2D eigenvalue weighted by Gasteiger charge is 2.29. The summed E-state index contributed by atoms with van der Waals surface area (Å²) in [6.07, 6.45) is 3.59. The summed E-state index contributed by atoms with van der Waals surface area (Å²) in [7, 11) is 1.41. The molecule has 1 aliphatic carbocycles. The molecule has 0 unspecified atom stereocenters. The van der Waals surface area contributed by atoms with Gasteiger partial charge in [-0.15, -0.1) is 0 Å². The van der Waals surface area contributed by atoms with Crippen LogP contribution in [0.2, 0.25) is 0 Å². The van der Waals surface area contributed by atoms with Gasteiger partial charge in [0.05, 0.1) is 7.11 Å². The van der Waals surface area contributed by atoms with E-state index >= 15 is 0 Å². The largest absolute Gasteiger partial charge is 0.493 e. The third-order valence-corrected chi connectivity index (χ3v) is 8.06. The molecule has 0 spiro atoms. The van der Waals surface area contributed by atoms with Crippen molar-refractivity contribution in [2.24, 2.45) is 5.92 Å². The topological polar surface area (TPSA) is 104 Å². The van der Waals surface area contributed by atoms with E-state index in [1.54, 1.807) is 6.92 Å². The van der Waals surface area contributed by atoms with Gasteiger partial charge in [-0.05, 0) is 65.7 Å². The van der Waals surface area contributed by atoms with Gasteiger partial charge in [-0.3, -0.25) is 9.59 Å². The zero-order chi connectivity index (χ0) is 33.8. The Kier molecular flexibility index (Phi) is 10.4. The lowest BCUT2D eigenvalue weighted by Gasteiger charge is -2.22. The summed E-state index contributed by atoms with van der Waals surface area (Å²) in [5, 5.41) is 2.64. The van der Waals surface area contributed by atoms with Gasteiger partial charge >= 0.3 is 11.9 Å². The lowest BCUT2D eigenvalue weighted by molar-refractivity contribution is -0.141. The number of methoxy groups -OCH3 is 1. The third-order valence-electron chi connectivity index (χ3n) is 8.06. The van der Waals surface area contributed by atoms with E-state index in [9.17, 15) is 14.4 Å². The molecule has 2 aromatic carbocycles. The average molecular weight is 627 g/mol. The molecule has 0 aliphatic heterocycles. The van der Waals surface area contributed by atoms with Crippen LogP contribution in [0.5, 0.6) is 11.5 Å². The van der Waals surface area contributed by atoms with Crippen LogP contribution in [-0.2, 0) is 25.2 Å². The van der Waals surface area contributed by atoms with E-state index in [4.69, 9.17) is 14.2 Å². The molecule has 46 heavy (non-hydrogen) atoms. The highest BCUT2D eigenvalue weighted by atomic mass is 16.6. The number of aromatic nitrogens is 1. The van der Waals surface area contributed by atoms with Crippen LogP contribution in [0.25, 0.3) is 5.57 Å². The number of allylic oxidation sites excluding steroid dienone is 1. The highest BCUT2D eigenvalue weighted by molar-refractivity contribution is 5.99. The zero-order valence-corrected chi connectivity index (χ0v) is 28.4. The SMILES string of the molecule is COc1ccnc(C(=O)N[C@@H](C)C(=O)OC(C)=C(c2ccc(C(C)(C)C)cc2)c2ccc(C(C)(C)C)cc2)c1OC(=O)CC1CC1. The predicted molar refractivity (Wildman–Crippen MR) is 179 cm³/mol. The molecule has 0 saturated heterocycles. The number of ether oxygens (including phenoxy) is 3. The van der Waals surface area contributed by atoms with Crippen molar-refractivity contribution in [2.45, 2.75) is 91.5 Å². The normalized spacial score (nSPS) is 13.8. The Balaban J connectivity index is 1.59. The van der Waals surface area contributed by atoms with Gasteiger partial charge in [0.25, 0.3) is 5.91 Å². The summed E-state index contributed by atoms with van der Waals surface area (Å²) < 4.78 is 16.8. The fourth-order valence-corrected chi connectivity index (χ4v) is 5.03. The van der Waals surface area contributed by atoms with Gasteiger partial charge in [-0.25, -0.2) is 9.78 Å². The Labute approximate surface area is 272 Å². The van der Waals surface area contributed by atoms with Gasteiger partial charge in [0.2, 0.25) is 5.75 Å². The number of carbonyl (C=O) groups excluding carboxylic acids is 3. The fraction of sp³-hybridized carbons (Fsp3) is 0.421. The van der Waals surface area contributed by atoms with Gasteiger partial charge in [-0.1, -0.05) is 90.1 Å². The van der Waals surface area contributed by atoms with Crippen molar-refractivity contribution in [3.63, 3.8) is 0 Å². The molecule has 1 atom stereocenters. The maximum absolute atomic E-state index is 13.4. The molecule has 0 radical (unpaired) electrons. The van der Waals surface area contributed by atoms with E-state index in [1.807, 2.05) is 24.3 Å². The number of amides is 1. The first-order valence-corrected chi connectivity index (χ1v) is 15.8. The van der Waals surface area contributed by atoms with Crippen LogP contribution in [0.4, 0.5) is 0 Å². The van der Waals surface area contributed by atoms with Crippen molar-refractivity contribution >= 4 is 23.4 Å². The Morgan fingerprint density at radius 3 is 1.85 bits per heavy atom. The lowest BCUT2D eigenvalue weighted by atomic mass is 9.84. The van der Waals surface area contributed by atoms with E-state index in [1.165, 1.54) is 37.4 Å². The number of hydrogen-bond donors (Lipinski definition) is 1. The number of pyridine rings is 1. The van der Waals surface area contributed by atoms with Crippen LogP contribution < -0.4 is 14.8 Å². The number of carbonyl (C=O) groups is 3. The second-order valence-corrected chi connectivity index (χ2v) is 14.0. The molecule has 1 aliphatic rings. The summed E-state index contributed by atoms with van der Waals surface area (Å²) in [6, 6.07) is 17.0. The summed E-state index contributed by atoms with van der Waals surface area (Å²) in [4.78, 5) is 43.3. The van der Waals surface area contributed by atoms with Crippen molar-refractivity contribution in [3.8, 4) is 11.5 Å². The summed E-state index contributed by atoms with van der Waals surface area (Å²) in [6.45, 7) is 16.2. The molecule has 1 amide bonds. The van der Waals surface area contributed by atoms with Crippen LogP contribution in [0.3, 0.4) is 0 Å². The number of hydrogen-bond acceptors (Lipinski definition) is 7. The minimum absolute atomic E-state index is 0.0149. The quantitative estimate of drug-likeness (QED) is 0.183. The van der Waals surface area contributed by atoms with Gasteiger partial charge in [0.15, 0.2) is 11.4 Å². The minimum atomic E-state index is -1.04. The molecule has 1 saturated carbocycles. The van der Waals surface area contributed by atoms with Crippen LogP contribution in [0.1, 0.15) is 107 Å². The Hall–Kier alpha value is -4.46. The molecule has 1 N–H and O–H groups in total.